The quantitative estimate of drug-likeness (QED) is 0.658. The fraction of sp³-hybridized carbons (Fsp3) is 0.909. The van der Waals surface area contributed by atoms with Gasteiger partial charge < -0.3 is 4.74 Å². The maximum Gasteiger partial charge on any atom is 0.140 e. The van der Waals surface area contributed by atoms with Crippen molar-refractivity contribution in [1.29, 1.82) is 0 Å². The first-order valence-electron chi connectivity index (χ1n) is 5.09. The van der Waals surface area contributed by atoms with Crippen LogP contribution in [0.2, 0.25) is 0 Å². The van der Waals surface area contributed by atoms with Crippen molar-refractivity contribution in [2.45, 2.75) is 40.0 Å². The van der Waals surface area contributed by atoms with E-state index >= 15 is 0 Å². The summed E-state index contributed by atoms with van der Waals surface area (Å²) in [7, 11) is 0. The van der Waals surface area contributed by atoms with E-state index in [0.717, 1.165) is 12.8 Å². The van der Waals surface area contributed by atoms with E-state index in [0.29, 0.717) is 30.8 Å². The minimum absolute atomic E-state index is 0.174. The Morgan fingerprint density at radius 2 is 2.15 bits per heavy atom. The van der Waals surface area contributed by atoms with Gasteiger partial charge in [0.2, 0.25) is 0 Å². The maximum atomic E-state index is 11.4. The minimum atomic E-state index is 0.174. The predicted molar refractivity (Wildman–Crippen MR) is 52.6 cm³/mol. The highest BCUT2D eigenvalue weighted by Crippen LogP contribution is 2.25. The lowest BCUT2D eigenvalue weighted by atomic mass is 9.84. The first-order chi connectivity index (χ1) is 5.99. The van der Waals surface area contributed by atoms with Crippen molar-refractivity contribution in [2.24, 2.45) is 11.3 Å². The molecular weight excluding hydrogens is 164 g/mol. The zero-order valence-corrected chi connectivity index (χ0v) is 8.93. The Kier molecular flexibility index (Phi) is 3.48. The van der Waals surface area contributed by atoms with Gasteiger partial charge in [0.15, 0.2) is 0 Å². The molecule has 0 bridgehead atoms. The fourth-order valence-electron chi connectivity index (χ4n) is 1.55. The van der Waals surface area contributed by atoms with E-state index in [-0.39, 0.29) is 5.92 Å². The number of carbonyl (C=O) groups excluding carboxylic acids is 1. The van der Waals surface area contributed by atoms with Gasteiger partial charge in [0.05, 0.1) is 13.2 Å². The molecule has 0 saturated carbocycles. The Labute approximate surface area is 80.7 Å². The molecule has 0 spiro atoms. The molecule has 1 aliphatic heterocycles. The van der Waals surface area contributed by atoms with Gasteiger partial charge in [0, 0.05) is 12.3 Å². The van der Waals surface area contributed by atoms with Gasteiger partial charge in [-0.15, -0.1) is 0 Å². The Balaban J connectivity index is 2.31. The first-order valence-corrected chi connectivity index (χ1v) is 5.09. The van der Waals surface area contributed by atoms with E-state index in [9.17, 15) is 4.79 Å². The van der Waals surface area contributed by atoms with Crippen LogP contribution in [0.3, 0.4) is 0 Å². The van der Waals surface area contributed by atoms with Gasteiger partial charge in [0.1, 0.15) is 5.78 Å². The number of ketones is 1. The lowest BCUT2D eigenvalue weighted by Crippen LogP contribution is -2.28. The number of Topliss-reactive ketones (excluding diaryl/α,β-unsaturated/α-hetero) is 1. The van der Waals surface area contributed by atoms with Gasteiger partial charge in [-0.1, -0.05) is 20.8 Å². The van der Waals surface area contributed by atoms with Crippen molar-refractivity contribution in [3.8, 4) is 0 Å². The maximum absolute atomic E-state index is 11.4. The number of ether oxygens (including phenoxy) is 1. The molecule has 1 atom stereocenters. The molecule has 0 amide bonds. The third kappa shape index (κ3) is 3.90. The average molecular weight is 184 g/mol. The van der Waals surface area contributed by atoms with Gasteiger partial charge in [-0.25, -0.2) is 0 Å². The van der Waals surface area contributed by atoms with Crippen LogP contribution < -0.4 is 0 Å². The van der Waals surface area contributed by atoms with Crippen molar-refractivity contribution < 1.29 is 9.53 Å². The number of hydrogen-bond donors (Lipinski definition) is 0. The van der Waals surface area contributed by atoms with Crippen molar-refractivity contribution >= 4 is 5.78 Å². The lowest BCUT2D eigenvalue weighted by molar-refractivity contribution is -0.130. The van der Waals surface area contributed by atoms with Crippen molar-refractivity contribution in [3.05, 3.63) is 0 Å². The summed E-state index contributed by atoms with van der Waals surface area (Å²) in [6, 6.07) is 0. The second-order valence-electron chi connectivity index (χ2n) is 5.09. The molecule has 0 aromatic rings. The van der Waals surface area contributed by atoms with E-state index in [2.05, 4.69) is 20.8 Å². The SMILES string of the molecule is CC(C)(C)CCC1COCCC1=O. The highest BCUT2D eigenvalue weighted by Gasteiger charge is 2.24. The van der Waals surface area contributed by atoms with Gasteiger partial charge >= 0.3 is 0 Å². The highest BCUT2D eigenvalue weighted by molar-refractivity contribution is 5.81. The molecule has 0 N–H and O–H groups in total. The van der Waals surface area contributed by atoms with Gasteiger partial charge in [-0.2, -0.15) is 0 Å². The summed E-state index contributed by atoms with van der Waals surface area (Å²) in [5, 5.41) is 0. The van der Waals surface area contributed by atoms with E-state index < -0.39 is 0 Å². The summed E-state index contributed by atoms with van der Waals surface area (Å²) in [5.74, 6) is 0.573. The molecule has 1 aliphatic rings. The molecule has 76 valence electrons. The van der Waals surface area contributed by atoms with Crippen molar-refractivity contribution in [3.63, 3.8) is 0 Å². The molecule has 0 radical (unpaired) electrons. The lowest BCUT2D eigenvalue weighted by Gasteiger charge is -2.25. The second kappa shape index (κ2) is 4.23. The normalized spacial score (nSPS) is 24.8. The van der Waals surface area contributed by atoms with Gasteiger partial charge in [-0.05, 0) is 18.3 Å². The fourth-order valence-corrected chi connectivity index (χ4v) is 1.55. The van der Waals surface area contributed by atoms with Crippen LogP contribution in [0.4, 0.5) is 0 Å². The molecule has 1 unspecified atom stereocenters. The van der Waals surface area contributed by atoms with Crippen LogP contribution in [-0.4, -0.2) is 19.0 Å². The Bertz CT molecular complexity index is 179. The summed E-state index contributed by atoms with van der Waals surface area (Å²) in [5.41, 5.74) is 0.331. The van der Waals surface area contributed by atoms with Crippen LogP contribution in [0, 0.1) is 11.3 Å². The predicted octanol–water partition coefficient (Wildman–Crippen LogP) is 2.42. The Hall–Kier alpha value is -0.370. The summed E-state index contributed by atoms with van der Waals surface area (Å²) < 4.78 is 5.30. The van der Waals surface area contributed by atoms with Crippen molar-refractivity contribution in [2.75, 3.05) is 13.2 Å². The minimum Gasteiger partial charge on any atom is -0.380 e. The van der Waals surface area contributed by atoms with Gasteiger partial charge in [-0.3, -0.25) is 4.79 Å². The Morgan fingerprint density at radius 3 is 2.69 bits per heavy atom. The topological polar surface area (TPSA) is 26.3 Å². The molecule has 2 heteroatoms. The van der Waals surface area contributed by atoms with E-state index in [1.54, 1.807) is 0 Å². The number of carbonyl (C=O) groups is 1. The van der Waals surface area contributed by atoms with Crippen LogP contribution in [0.5, 0.6) is 0 Å². The highest BCUT2D eigenvalue weighted by atomic mass is 16.5. The third-order valence-electron chi connectivity index (χ3n) is 2.51. The molecular formula is C11H20O2. The molecule has 1 fully saturated rings. The summed E-state index contributed by atoms with van der Waals surface area (Å²) in [6.07, 6.45) is 2.71. The van der Waals surface area contributed by atoms with E-state index in [4.69, 9.17) is 4.74 Å². The largest absolute Gasteiger partial charge is 0.380 e. The van der Waals surface area contributed by atoms with E-state index in [1.165, 1.54) is 0 Å². The zero-order chi connectivity index (χ0) is 9.90. The zero-order valence-electron chi connectivity index (χ0n) is 8.93. The second-order valence-corrected chi connectivity index (χ2v) is 5.09. The van der Waals surface area contributed by atoms with Crippen molar-refractivity contribution in [1.82, 2.24) is 0 Å². The molecule has 0 aromatic carbocycles. The molecule has 1 rings (SSSR count). The molecule has 0 aliphatic carbocycles. The van der Waals surface area contributed by atoms with Crippen LogP contribution in [0.25, 0.3) is 0 Å². The van der Waals surface area contributed by atoms with Gasteiger partial charge in [0.25, 0.3) is 0 Å². The first kappa shape index (κ1) is 10.7. The van der Waals surface area contributed by atoms with E-state index in [1.807, 2.05) is 0 Å². The molecule has 2 nitrogen and oxygen atoms in total. The summed E-state index contributed by atoms with van der Waals surface area (Å²) in [4.78, 5) is 11.4. The smallest absolute Gasteiger partial charge is 0.140 e. The number of rotatable bonds is 2. The average Bonchev–Trinajstić information content (AvgIpc) is 2.01. The number of hydrogen-bond acceptors (Lipinski definition) is 2. The summed E-state index contributed by atoms with van der Waals surface area (Å²) >= 11 is 0. The summed E-state index contributed by atoms with van der Waals surface area (Å²) in [6.45, 7) is 7.91. The van der Waals surface area contributed by atoms with Crippen LogP contribution >= 0.6 is 0 Å². The van der Waals surface area contributed by atoms with Crippen LogP contribution in [0.15, 0.2) is 0 Å². The molecule has 13 heavy (non-hydrogen) atoms. The molecule has 0 aromatic heterocycles. The van der Waals surface area contributed by atoms with Crippen LogP contribution in [0.1, 0.15) is 40.0 Å². The molecule has 1 heterocycles. The standard InChI is InChI=1S/C11H20O2/c1-11(2,3)6-4-9-8-13-7-5-10(9)12/h9H,4-8H2,1-3H3. The monoisotopic (exact) mass is 184 g/mol. The molecule has 1 saturated heterocycles. The Morgan fingerprint density at radius 1 is 1.46 bits per heavy atom. The third-order valence-corrected chi connectivity index (χ3v) is 2.51. The van der Waals surface area contributed by atoms with Crippen LogP contribution in [-0.2, 0) is 9.53 Å².